The van der Waals surface area contributed by atoms with E-state index >= 15 is 0 Å². The number of aliphatic hydroxyl groups is 1. The Bertz CT molecular complexity index is 916. The van der Waals surface area contributed by atoms with E-state index in [4.69, 9.17) is 9.84 Å². The van der Waals surface area contributed by atoms with E-state index in [1.165, 1.54) is 16.7 Å². The highest BCUT2D eigenvalue weighted by atomic mass is 16.5. The maximum Gasteiger partial charge on any atom is 0.303 e. The number of unbranched alkanes of at least 4 members (excludes halogenated alkanes) is 2. The molecule has 0 radical (unpaired) electrons. The molecular weight excluding hydrogens is 438 g/mol. The zero-order valence-corrected chi connectivity index (χ0v) is 21.6. The molecule has 0 bridgehead atoms. The molecule has 3 N–H and O–H groups in total. The molecule has 0 heterocycles. The molecule has 1 aliphatic rings. The number of β-amino-alcohol motifs (C(OH)–C–C–N with tert-alkyl or cyclic N) is 1. The molecule has 2 aromatic rings. The summed E-state index contributed by atoms with van der Waals surface area (Å²) in [5.74, 6) is -0.0862. The Morgan fingerprint density at radius 1 is 1.06 bits per heavy atom. The number of hydrogen-bond donors (Lipinski definition) is 3. The molecular formula is C30H43NO4. The van der Waals surface area contributed by atoms with Crippen LogP contribution in [0, 0.1) is 5.92 Å². The summed E-state index contributed by atoms with van der Waals surface area (Å²) in [6.45, 7) is 7.26. The van der Waals surface area contributed by atoms with Crippen molar-refractivity contribution in [2.75, 3.05) is 13.2 Å². The van der Waals surface area contributed by atoms with Crippen LogP contribution in [0.4, 0.5) is 0 Å². The van der Waals surface area contributed by atoms with Gasteiger partial charge in [-0.25, -0.2) is 0 Å². The van der Waals surface area contributed by atoms with Gasteiger partial charge in [0, 0.05) is 18.5 Å². The second-order valence-corrected chi connectivity index (χ2v) is 10.8. The number of benzene rings is 2. The minimum Gasteiger partial charge on any atom is -0.481 e. The molecule has 0 saturated carbocycles. The Labute approximate surface area is 210 Å². The molecule has 0 spiro atoms. The first kappa shape index (κ1) is 27.4. The quantitative estimate of drug-likeness (QED) is 0.293. The lowest BCUT2D eigenvalue weighted by molar-refractivity contribution is -0.137. The second-order valence-electron chi connectivity index (χ2n) is 10.8. The lowest BCUT2D eigenvalue weighted by Gasteiger charge is -2.31. The first-order chi connectivity index (χ1) is 16.7. The fourth-order valence-electron chi connectivity index (χ4n) is 5.31. The van der Waals surface area contributed by atoms with E-state index in [2.05, 4.69) is 55.6 Å². The maximum atomic E-state index is 10.7. The van der Waals surface area contributed by atoms with Gasteiger partial charge in [0.2, 0.25) is 0 Å². The molecule has 2 atom stereocenters. The van der Waals surface area contributed by atoms with Crippen molar-refractivity contribution in [2.24, 2.45) is 5.92 Å². The molecule has 5 heteroatoms. The van der Waals surface area contributed by atoms with Gasteiger partial charge in [0.15, 0.2) is 0 Å². The summed E-state index contributed by atoms with van der Waals surface area (Å²) in [4.78, 5) is 10.7. The summed E-state index contributed by atoms with van der Waals surface area (Å²) < 4.78 is 6.06. The number of rotatable bonds is 15. The van der Waals surface area contributed by atoms with Crippen LogP contribution in [0.25, 0.3) is 0 Å². The Morgan fingerprint density at radius 2 is 1.71 bits per heavy atom. The Kier molecular flexibility index (Phi) is 10.3. The van der Waals surface area contributed by atoms with Gasteiger partial charge in [-0.1, -0.05) is 55.0 Å². The molecule has 0 fully saturated rings. The van der Waals surface area contributed by atoms with Crippen LogP contribution in [0.5, 0.6) is 0 Å². The highest BCUT2D eigenvalue weighted by molar-refractivity contribution is 5.66. The lowest BCUT2D eigenvalue weighted by atomic mass is 9.88. The Morgan fingerprint density at radius 3 is 2.40 bits per heavy atom. The van der Waals surface area contributed by atoms with Crippen LogP contribution in [-0.2, 0) is 28.8 Å². The van der Waals surface area contributed by atoms with Crippen molar-refractivity contribution in [3.05, 3.63) is 70.8 Å². The first-order valence-electron chi connectivity index (χ1n) is 13.1. The molecule has 0 aliphatic heterocycles. The minimum absolute atomic E-state index is 0.0491. The van der Waals surface area contributed by atoms with Crippen LogP contribution in [0.1, 0.15) is 81.2 Å². The molecule has 35 heavy (non-hydrogen) atoms. The second kappa shape index (κ2) is 13.2. The summed E-state index contributed by atoms with van der Waals surface area (Å²) in [7, 11) is 0. The van der Waals surface area contributed by atoms with Gasteiger partial charge < -0.3 is 20.3 Å². The van der Waals surface area contributed by atoms with Crippen molar-refractivity contribution < 1.29 is 19.7 Å². The number of carboxylic acid groups (broad SMARTS) is 1. The molecule has 5 nitrogen and oxygen atoms in total. The largest absolute Gasteiger partial charge is 0.481 e. The van der Waals surface area contributed by atoms with E-state index in [0.29, 0.717) is 18.9 Å². The number of carboxylic acids is 1. The van der Waals surface area contributed by atoms with Crippen molar-refractivity contribution in [1.29, 1.82) is 0 Å². The van der Waals surface area contributed by atoms with E-state index in [-0.39, 0.29) is 24.7 Å². The highest BCUT2D eigenvalue weighted by Crippen LogP contribution is 2.32. The van der Waals surface area contributed by atoms with Gasteiger partial charge in [-0.3, -0.25) is 4.79 Å². The third-order valence-electron chi connectivity index (χ3n) is 7.12. The van der Waals surface area contributed by atoms with Crippen LogP contribution < -0.4 is 5.32 Å². The van der Waals surface area contributed by atoms with Gasteiger partial charge >= 0.3 is 5.97 Å². The van der Waals surface area contributed by atoms with E-state index < -0.39 is 12.1 Å². The van der Waals surface area contributed by atoms with Gasteiger partial charge in [0.05, 0.1) is 18.8 Å². The summed E-state index contributed by atoms with van der Waals surface area (Å²) in [6.07, 6.45) is 6.41. The number of ether oxygens (including phenoxy) is 1. The molecule has 0 amide bonds. The zero-order valence-electron chi connectivity index (χ0n) is 21.6. The third kappa shape index (κ3) is 9.06. The van der Waals surface area contributed by atoms with E-state index in [0.717, 1.165) is 44.1 Å². The SMILES string of the molecule is C[C@@H](OC[C@H](O)CNC(C)(C)CC1Cc2ccccc2C1)c1ccccc1CCCCCC(=O)O. The Hall–Kier alpha value is -2.21. The topological polar surface area (TPSA) is 78.8 Å². The number of aliphatic carboxylic acids is 1. The minimum atomic E-state index is -0.729. The van der Waals surface area contributed by atoms with Crippen LogP contribution >= 0.6 is 0 Å². The third-order valence-corrected chi connectivity index (χ3v) is 7.12. The van der Waals surface area contributed by atoms with Gasteiger partial charge in [-0.2, -0.15) is 0 Å². The molecule has 3 rings (SSSR count). The van der Waals surface area contributed by atoms with Crippen molar-refractivity contribution >= 4 is 5.97 Å². The van der Waals surface area contributed by atoms with Crippen molar-refractivity contribution in [1.82, 2.24) is 5.32 Å². The number of aryl methyl sites for hydroxylation is 1. The van der Waals surface area contributed by atoms with E-state index in [1.54, 1.807) is 0 Å². The van der Waals surface area contributed by atoms with E-state index in [9.17, 15) is 9.90 Å². The van der Waals surface area contributed by atoms with Crippen molar-refractivity contribution in [3.8, 4) is 0 Å². The average Bonchev–Trinajstić information content (AvgIpc) is 3.22. The molecule has 2 aromatic carbocycles. The summed E-state index contributed by atoms with van der Waals surface area (Å²) in [5, 5.41) is 22.9. The maximum absolute atomic E-state index is 10.7. The Balaban J connectivity index is 1.39. The summed E-state index contributed by atoms with van der Waals surface area (Å²) >= 11 is 0. The summed E-state index contributed by atoms with van der Waals surface area (Å²) in [6, 6.07) is 17.0. The predicted molar refractivity (Wildman–Crippen MR) is 141 cm³/mol. The molecule has 0 unspecified atom stereocenters. The molecule has 0 saturated heterocycles. The smallest absolute Gasteiger partial charge is 0.303 e. The molecule has 1 aliphatic carbocycles. The number of hydrogen-bond acceptors (Lipinski definition) is 4. The molecule has 192 valence electrons. The van der Waals surface area contributed by atoms with Gasteiger partial charge in [-0.15, -0.1) is 0 Å². The van der Waals surface area contributed by atoms with Crippen LogP contribution in [0.2, 0.25) is 0 Å². The van der Waals surface area contributed by atoms with Crippen LogP contribution in [0.15, 0.2) is 48.5 Å². The normalized spacial score (nSPS) is 15.7. The fourth-order valence-corrected chi connectivity index (χ4v) is 5.31. The predicted octanol–water partition coefficient (Wildman–Crippen LogP) is 5.49. The molecule has 0 aromatic heterocycles. The number of aliphatic hydroxyl groups excluding tert-OH is 1. The first-order valence-corrected chi connectivity index (χ1v) is 13.1. The monoisotopic (exact) mass is 481 g/mol. The van der Waals surface area contributed by atoms with Gasteiger partial charge in [0.1, 0.15) is 0 Å². The van der Waals surface area contributed by atoms with E-state index in [1.807, 2.05) is 19.1 Å². The van der Waals surface area contributed by atoms with Crippen LogP contribution in [-0.4, -0.2) is 41.0 Å². The highest BCUT2D eigenvalue weighted by Gasteiger charge is 2.28. The average molecular weight is 482 g/mol. The van der Waals surface area contributed by atoms with Crippen molar-refractivity contribution in [2.45, 2.75) is 89.9 Å². The zero-order chi connectivity index (χ0) is 25.3. The number of fused-ring (bicyclic) bond motifs is 1. The van der Waals surface area contributed by atoms with Crippen molar-refractivity contribution in [3.63, 3.8) is 0 Å². The number of nitrogens with one attached hydrogen (secondary N) is 1. The lowest BCUT2D eigenvalue weighted by Crippen LogP contribution is -2.45. The van der Waals surface area contributed by atoms with Crippen LogP contribution in [0.3, 0.4) is 0 Å². The van der Waals surface area contributed by atoms with Gasteiger partial charge in [0.25, 0.3) is 0 Å². The number of carbonyl (C=O) groups is 1. The van der Waals surface area contributed by atoms with Gasteiger partial charge in [-0.05, 0) is 87.5 Å². The standard InChI is InChI=1S/C30H43NO4/c1-22(28-15-10-9-12-24(28)11-5-4-6-16-29(33)34)35-21-27(32)20-31-30(2,3)19-23-17-25-13-7-8-14-26(25)18-23/h7-10,12-15,22-23,27,31-32H,4-6,11,16-21H2,1-3H3,(H,33,34)/t22-,27-/m1/s1. The fraction of sp³-hybridized carbons (Fsp3) is 0.567. The summed E-state index contributed by atoms with van der Waals surface area (Å²) in [5.41, 5.74) is 5.30.